The molecular weight excluding hydrogens is 507 g/mol. The molecule has 0 radical (unpaired) electrons. The number of aromatic carboxylic acids is 1. The monoisotopic (exact) mass is 536 g/mol. The molecule has 12 nitrogen and oxygen atoms in total. The van der Waals surface area contributed by atoms with Crippen LogP contribution in [-0.4, -0.2) is 88.4 Å². The minimum atomic E-state index is -1.55. The molecule has 2 heterocycles. The number of urea groups is 1. The standard InChI is InChI=1S/C26H29BN4O8/c1-3-30-12-13-31(24(34)23(30)33)26(37)29-20(15(2)16-8-5-4-6-9-16)22(32)28-19-14-17-10-7-11-18(25(35)36)21(17)39-27(19)38/h4-11,15,19-20,38H,3,12-14H2,1-2H3,(H,28,32)(H,29,37)(H,35,36)/t15?,19-,20?/m0/s1. The molecule has 204 valence electrons. The summed E-state index contributed by atoms with van der Waals surface area (Å²) < 4.78 is 5.46. The van der Waals surface area contributed by atoms with Crippen molar-refractivity contribution in [2.75, 3.05) is 19.6 Å². The SMILES string of the molecule is CCN1CCN(C(=O)NC(C(=O)N[C@H]2Cc3cccc(C(=O)O)c3OB2O)C(C)c2ccccc2)C(=O)C1=O. The van der Waals surface area contributed by atoms with Gasteiger partial charge in [0.2, 0.25) is 5.91 Å². The van der Waals surface area contributed by atoms with Gasteiger partial charge in [-0.15, -0.1) is 0 Å². The first-order valence-electron chi connectivity index (χ1n) is 12.6. The van der Waals surface area contributed by atoms with Gasteiger partial charge in [-0.25, -0.2) is 9.59 Å². The van der Waals surface area contributed by atoms with Crippen LogP contribution in [0, 0.1) is 0 Å². The Morgan fingerprint density at radius 2 is 1.79 bits per heavy atom. The lowest BCUT2D eigenvalue weighted by atomic mass is 9.72. The molecule has 1 fully saturated rings. The van der Waals surface area contributed by atoms with Crippen molar-refractivity contribution in [3.63, 3.8) is 0 Å². The van der Waals surface area contributed by atoms with Crippen LogP contribution in [0.2, 0.25) is 0 Å². The van der Waals surface area contributed by atoms with Crippen molar-refractivity contribution < 1.29 is 38.8 Å². The van der Waals surface area contributed by atoms with Gasteiger partial charge < -0.3 is 30.3 Å². The Morgan fingerprint density at radius 3 is 2.46 bits per heavy atom. The maximum absolute atomic E-state index is 13.6. The Balaban J connectivity index is 1.55. The van der Waals surface area contributed by atoms with Crippen LogP contribution in [0.4, 0.5) is 4.79 Å². The Kier molecular flexibility index (Phi) is 8.19. The van der Waals surface area contributed by atoms with Gasteiger partial charge in [-0.3, -0.25) is 19.3 Å². The summed E-state index contributed by atoms with van der Waals surface area (Å²) >= 11 is 0. The predicted molar refractivity (Wildman–Crippen MR) is 139 cm³/mol. The number of benzene rings is 2. The number of para-hydroxylation sites is 1. The fourth-order valence-electron chi connectivity index (χ4n) is 4.74. The van der Waals surface area contributed by atoms with E-state index in [4.69, 9.17) is 4.65 Å². The zero-order chi connectivity index (χ0) is 28.3. The third-order valence-electron chi connectivity index (χ3n) is 7.00. The number of amides is 5. The first-order chi connectivity index (χ1) is 18.6. The van der Waals surface area contributed by atoms with Crippen molar-refractivity contribution in [1.29, 1.82) is 0 Å². The van der Waals surface area contributed by atoms with Gasteiger partial charge in [-0.2, -0.15) is 0 Å². The predicted octanol–water partition coefficient (Wildman–Crippen LogP) is 0.397. The van der Waals surface area contributed by atoms with Crippen molar-refractivity contribution in [3.8, 4) is 5.75 Å². The number of hydrogen-bond donors (Lipinski definition) is 4. The number of carbonyl (C=O) groups is 5. The average molecular weight is 536 g/mol. The summed E-state index contributed by atoms with van der Waals surface area (Å²) in [7, 11) is -1.55. The maximum Gasteiger partial charge on any atom is 0.547 e. The highest BCUT2D eigenvalue weighted by Crippen LogP contribution is 2.30. The van der Waals surface area contributed by atoms with Gasteiger partial charge in [-0.05, 0) is 30.5 Å². The van der Waals surface area contributed by atoms with Gasteiger partial charge in [0.1, 0.15) is 11.8 Å². The molecule has 5 amide bonds. The van der Waals surface area contributed by atoms with E-state index >= 15 is 0 Å². The minimum Gasteiger partial charge on any atom is -0.534 e. The highest BCUT2D eigenvalue weighted by Gasteiger charge is 2.41. The van der Waals surface area contributed by atoms with Gasteiger partial charge >= 0.3 is 30.9 Å². The lowest BCUT2D eigenvalue weighted by Crippen LogP contribution is -2.62. The number of carboxylic acid groups (broad SMARTS) is 1. The molecule has 0 aliphatic carbocycles. The van der Waals surface area contributed by atoms with Crippen LogP contribution in [0.5, 0.6) is 5.75 Å². The van der Waals surface area contributed by atoms with E-state index in [1.807, 2.05) is 0 Å². The van der Waals surface area contributed by atoms with Crippen LogP contribution in [-0.2, 0) is 20.8 Å². The molecule has 13 heteroatoms. The molecule has 2 unspecified atom stereocenters. The van der Waals surface area contributed by atoms with E-state index in [0.29, 0.717) is 12.1 Å². The van der Waals surface area contributed by atoms with Gasteiger partial charge in [-0.1, -0.05) is 49.4 Å². The second-order valence-corrected chi connectivity index (χ2v) is 9.39. The summed E-state index contributed by atoms with van der Waals surface area (Å²) in [5, 5.41) is 25.3. The molecule has 2 aromatic carbocycles. The topological polar surface area (TPSA) is 166 Å². The Hall–Kier alpha value is -4.39. The summed E-state index contributed by atoms with van der Waals surface area (Å²) in [5.41, 5.74) is 1.11. The molecule has 0 saturated carbocycles. The van der Waals surface area contributed by atoms with Gasteiger partial charge in [0.05, 0.1) is 11.5 Å². The van der Waals surface area contributed by atoms with Crippen molar-refractivity contribution in [2.24, 2.45) is 0 Å². The van der Waals surface area contributed by atoms with Crippen molar-refractivity contribution >= 4 is 36.8 Å². The van der Waals surface area contributed by atoms with E-state index in [2.05, 4.69) is 10.6 Å². The fraction of sp³-hybridized carbons (Fsp3) is 0.346. The first kappa shape index (κ1) is 27.6. The van der Waals surface area contributed by atoms with E-state index in [9.17, 15) is 34.1 Å². The maximum atomic E-state index is 13.6. The van der Waals surface area contributed by atoms with Crippen LogP contribution >= 0.6 is 0 Å². The minimum absolute atomic E-state index is 0.0177. The Morgan fingerprint density at radius 1 is 1.08 bits per heavy atom. The molecule has 2 aliphatic rings. The molecule has 3 atom stereocenters. The molecule has 2 aromatic rings. The van der Waals surface area contributed by atoms with Crippen molar-refractivity contribution in [3.05, 3.63) is 65.2 Å². The zero-order valence-electron chi connectivity index (χ0n) is 21.5. The molecule has 0 bridgehead atoms. The first-order valence-corrected chi connectivity index (χ1v) is 12.6. The molecular formula is C26H29BN4O8. The second kappa shape index (κ2) is 11.6. The van der Waals surface area contributed by atoms with Crippen LogP contribution in [0.1, 0.15) is 41.3 Å². The average Bonchev–Trinajstić information content (AvgIpc) is 2.93. The third kappa shape index (κ3) is 5.72. The quantitative estimate of drug-likeness (QED) is 0.292. The van der Waals surface area contributed by atoms with Crippen LogP contribution < -0.4 is 15.3 Å². The molecule has 0 aromatic heterocycles. The number of carbonyl (C=O) groups excluding carboxylic acids is 4. The normalized spacial score (nSPS) is 18.5. The van der Waals surface area contributed by atoms with Gasteiger partial charge in [0.25, 0.3) is 0 Å². The number of hydrogen-bond acceptors (Lipinski definition) is 7. The highest BCUT2D eigenvalue weighted by molar-refractivity contribution is 6.47. The van der Waals surface area contributed by atoms with Crippen LogP contribution in [0.3, 0.4) is 0 Å². The molecule has 39 heavy (non-hydrogen) atoms. The smallest absolute Gasteiger partial charge is 0.534 e. The summed E-state index contributed by atoms with van der Waals surface area (Å²) in [4.78, 5) is 65.2. The Bertz CT molecular complexity index is 1290. The number of imide groups is 1. The fourth-order valence-corrected chi connectivity index (χ4v) is 4.74. The summed E-state index contributed by atoms with van der Waals surface area (Å²) in [5.74, 6) is -5.13. The van der Waals surface area contributed by atoms with E-state index in [-0.39, 0.29) is 30.8 Å². The van der Waals surface area contributed by atoms with Gasteiger partial charge in [0, 0.05) is 25.6 Å². The molecule has 4 rings (SSSR count). The van der Waals surface area contributed by atoms with Crippen LogP contribution in [0.25, 0.3) is 0 Å². The lowest BCUT2D eigenvalue weighted by molar-refractivity contribution is -0.153. The number of carboxylic acids is 1. The number of fused-ring (bicyclic) bond motifs is 1. The summed E-state index contributed by atoms with van der Waals surface area (Å²) in [6.07, 6.45) is 0.0791. The van der Waals surface area contributed by atoms with E-state index in [0.717, 1.165) is 10.5 Å². The second-order valence-electron chi connectivity index (χ2n) is 9.39. The summed E-state index contributed by atoms with van der Waals surface area (Å²) in [6, 6.07) is 11.4. The molecule has 1 saturated heterocycles. The van der Waals surface area contributed by atoms with Crippen molar-refractivity contribution in [2.45, 2.75) is 38.2 Å². The summed E-state index contributed by atoms with van der Waals surface area (Å²) in [6.45, 7) is 3.95. The molecule has 0 spiro atoms. The number of nitrogens with zero attached hydrogens (tertiary/aromatic N) is 2. The zero-order valence-corrected chi connectivity index (χ0v) is 21.5. The number of nitrogens with one attached hydrogen (secondary N) is 2. The van der Waals surface area contributed by atoms with E-state index < -0.39 is 54.7 Å². The lowest BCUT2D eigenvalue weighted by Gasteiger charge is -2.34. The van der Waals surface area contributed by atoms with E-state index in [1.165, 1.54) is 11.0 Å². The largest absolute Gasteiger partial charge is 0.547 e. The van der Waals surface area contributed by atoms with E-state index in [1.54, 1.807) is 56.3 Å². The Labute approximate surface area is 225 Å². The number of likely N-dealkylation sites (N-methyl/N-ethyl adjacent to an activating group) is 1. The van der Waals surface area contributed by atoms with Gasteiger partial charge in [0.15, 0.2) is 0 Å². The van der Waals surface area contributed by atoms with Crippen LogP contribution in [0.15, 0.2) is 48.5 Å². The highest BCUT2D eigenvalue weighted by atomic mass is 16.5. The third-order valence-corrected chi connectivity index (χ3v) is 7.00. The number of piperazine rings is 1. The van der Waals surface area contributed by atoms with Crippen molar-refractivity contribution in [1.82, 2.24) is 20.4 Å². The molecule has 4 N–H and O–H groups in total. The molecule has 2 aliphatic heterocycles. The number of rotatable bonds is 7.